The zero-order valence-corrected chi connectivity index (χ0v) is 37.5. The normalized spacial score (nSPS) is 12.0. The highest BCUT2D eigenvalue weighted by atomic mass is 15.1. The molecular weight excluding hydrogens is 853 g/mol. The lowest BCUT2D eigenvalue weighted by molar-refractivity contribution is 1.10. The Morgan fingerprint density at radius 3 is 0.957 bits per heavy atom. The van der Waals surface area contributed by atoms with E-state index in [0.29, 0.717) is 22.5 Å². The van der Waals surface area contributed by atoms with Gasteiger partial charge in [0.2, 0.25) is 0 Å². The molecule has 0 atom stereocenters. The molecule has 6 nitrogen and oxygen atoms in total. The first-order chi connectivity index (χ1) is 34.7. The summed E-state index contributed by atoms with van der Waals surface area (Å²) in [5.74, 6) is 0. The Morgan fingerprint density at radius 2 is 0.586 bits per heavy atom. The van der Waals surface area contributed by atoms with Crippen LogP contribution in [0, 0.1) is 22.7 Å². The van der Waals surface area contributed by atoms with Crippen molar-refractivity contribution < 1.29 is 0 Å². The van der Waals surface area contributed by atoms with Crippen LogP contribution in [0.3, 0.4) is 0 Å². The molecule has 4 aromatic heterocycles. The summed E-state index contributed by atoms with van der Waals surface area (Å²) >= 11 is 0. The predicted octanol–water partition coefficient (Wildman–Crippen LogP) is 16.1. The number of hydrogen-bond acceptors (Lipinski definition) is 2. The van der Waals surface area contributed by atoms with Gasteiger partial charge in [-0.3, -0.25) is 0 Å². The van der Waals surface area contributed by atoms with Gasteiger partial charge in [-0.05, 0) is 82.2 Å². The summed E-state index contributed by atoms with van der Waals surface area (Å²) in [5.41, 5.74) is 12.3. The van der Waals surface area contributed by atoms with Crippen molar-refractivity contribution in [1.82, 2.24) is 18.3 Å². The third-order valence-electron chi connectivity index (χ3n) is 14.8. The molecule has 4 heterocycles. The van der Waals surface area contributed by atoms with E-state index in [1.165, 1.54) is 0 Å². The lowest BCUT2D eigenvalue weighted by Gasteiger charge is -2.18. The smallest absolute Gasteiger partial charge is 0.101 e. The molecule has 0 amide bonds. The van der Waals surface area contributed by atoms with E-state index in [1.54, 1.807) is 0 Å². The fraction of sp³-hybridized carbons (Fsp3) is 0. The summed E-state index contributed by atoms with van der Waals surface area (Å²) in [6.45, 7) is 0. The Morgan fingerprint density at radius 1 is 0.257 bits per heavy atom. The minimum atomic E-state index is 0.447. The van der Waals surface area contributed by atoms with Crippen molar-refractivity contribution in [2.24, 2.45) is 0 Å². The van der Waals surface area contributed by atoms with Gasteiger partial charge in [-0.1, -0.05) is 158 Å². The van der Waals surface area contributed by atoms with Crippen LogP contribution in [0.2, 0.25) is 0 Å². The van der Waals surface area contributed by atoms with Gasteiger partial charge in [0, 0.05) is 43.1 Å². The molecule has 0 saturated heterocycles. The highest BCUT2D eigenvalue weighted by Crippen LogP contribution is 2.46. The van der Waals surface area contributed by atoms with Crippen LogP contribution in [-0.4, -0.2) is 18.3 Å². The second-order valence-corrected chi connectivity index (χ2v) is 18.2. The first kappa shape index (κ1) is 38.2. The predicted molar refractivity (Wildman–Crippen MR) is 288 cm³/mol. The molecule has 0 aliphatic carbocycles. The van der Waals surface area contributed by atoms with E-state index in [-0.39, 0.29) is 0 Å². The molecular formula is C64H36N6. The monoisotopic (exact) mass is 888 g/mol. The van der Waals surface area contributed by atoms with Gasteiger partial charge in [-0.25, -0.2) is 0 Å². The maximum atomic E-state index is 11.6. The summed E-state index contributed by atoms with van der Waals surface area (Å²) < 4.78 is 9.19. The summed E-state index contributed by atoms with van der Waals surface area (Å²) in [4.78, 5) is 0. The third kappa shape index (κ3) is 5.03. The molecule has 0 N–H and O–H groups in total. The lowest BCUT2D eigenvalue weighted by Crippen LogP contribution is -2.06. The first-order valence-corrected chi connectivity index (χ1v) is 23.6. The van der Waals surface area contributed by atoms with E-state index in [2.05, 4.69) is 237 Å². The molecule has 15 aromatic rings. The molecule has 15 rings (SSSR count). The molecule has 0 radical (unpaired) electrons. The van der Waals surface area contributed by atoms with Gasteiger partial charge in [0.1, 0.15) is 12.1 Å². The van der Waals surface area contributed by atoms with Gasteiger partial charge >= 0.3 is 0 Å². The Kier molecular flexibility index (Phi) is 7.82. The van der Waals surface area contributed by atoms with E-state index in [0.717, 1.165) is 120 Å². The molecule has 322 valence electrons. The number of hydrogen-bond donors (Lipinski definition) is 0. The van der Waals surface area contributed by atoms with Crippen molar-refractivity contribution in [1.29, 1.82) is 10.5 Å². The van der Waals surface area contributed by atoms with Gasteiger partial charge in [-0.15, -0.1) is 0 Å². The second kappa shape index (κ2) is 14.3. The number of fused-ring (bicyclic) bond motifs is 16. The Labute approximate surface area is 400 Å². The Balaban J connectivity index is 1.09. The minimum absolute atomic E-state index is 0.447. The zero-order valence-electron chi connectivity index (χ0n) is 37.5. The van der Waals surface area contributed by atoms with Crippen LogP contribution in [0.4, 0.5) is 0 Å². The summed E-state index contributed by atoms with van der Waals surface area (Å²) in [7, 11) is 0. The molecule has 0 bridgehead atoms. The third-order valence-corrected chi connectivity index (χ3v) is 14.8. The van der Waals surface area contributed by atoms with Gasteiger partial charge < -0.3 is 18.3 Å². The number of benzene rings is 11. The van der Waals surface area contributed by atoms with E-state index in [1.807, 2.05) is 12.1 Å². The summed E-state index contributed by atoms with van der Waals surface area (Å²) in [6, 6.07) is 82.2. The van der Waals surface area contributed by atoms with Crippen LogP contribution in [0.1, 0.15) is 11.1 Å². The maximum absolute atomic E-state index is 11.6. The van der Waals surface area contributed by atoms with E-state index in [9.17, 15) is 10.5 Å². The number of nitrogens with zero attached hydrogens (tertiary/aromatic N) is 6. The average molecular weight is 889 g/mol. The standard InChI is InChI=1S/C64H36N6/c65-37-41-36-60(70-56-34-32-40-16-2-4-18-44(40)62(56)50-24-14-30-58(64(50)70)68-53-27-11-7-21-47(53)48-22-8-12-28-54(48)68)42(38-66)35-59(41)69-55-33-31-39-15-1-3-17-43(39)61(55)49-23-13-29-57(63(49)69)67-51-25-9-5-19-45(51)46-20-6-10-26-52(46)67/h1-36H. The molecule has 0 fully saturated rings. The van der Waals surface area contributed by atoms with Crippen molar-refractivity contribution in [2.75, 3.05) is 0 Å². The van der Waals surface area contributed by atoms with Crippen LogP contribution in [-0.2, 0) is 0 Å². The Hall–Kier alpha value is -9.88. The van der Waals surface area contributed by atoms with Gasteiger partial charge in [0.15, 0.2) is 0 Å². The Bertz CT molecular complexity index is 4450. The summed E-state index contributed by atoms with van der Waals surface area (Å²) in [5, 5.41) is 36.6. The van der Waals surface area contributed by atoms with Crippen LogP contribution < -0.4 is 0 Å². The van der Waals surface area contributed by atoms with E-state index >= 15 is 0 Å². The van der Waals surface area contributed by atoms with Crippen molar-refractivity contribution >= 4 is 109 Å². The molecule has 11 aromatic carbocycles. The van der Waals surface area contributed by atoms with E-state index < -0.39 is 0 Å². The zero-order chi connectivity index (χ0) is 46.2. The summed E-state index contributed by atoms with van der Waals surface area (Å²) in [6.07, 6.45) is 0. The van der Waals surface area contributed by atoms with Crippen molar-refractivity contribution in [2.45, 2.75) is 0 Å². The van der Waals surface area contributed by atoms with Crippen LogP contribution in [0.15, 0.2) is 218 Å². The number of nitriles is 2. The average Bonchev–Trinajstić information content (AvgIpc) is 4.16. The first-order valence-electron chi connectivity index (χ1n) is 23.6. The molecule has 70 heavy (non-hydrogen) atoms. The molecule has 6 heteroatoms. The number of aromatic nitrogens is 4. The van der Waals surface area contributed by atoms with Crippen molar-refractivity contribution in [3.05, 3.63) is 230 Å². The largest absolute Gasteiger partial charge is 0.307 e. The van der Waals surface area contributed by atoms with Gasteiger partial charge in [-0.2, -0.15) is 10.5 Å². The fourth-order valence-electron chi connectivity index (χ4n) is 12.0. The quantitative estimate of drug-likeness (QED) is 0.177. The molecule has 0 aliphatic heterocycles. The van der Waals surface area contributed by atoms with Crippen LogP contribution in [0.25, 0.3) is 132 Å². The maximum Gasteiger partial charge on any atom is 0.101 e. The number of para-hydroxylation sites is 6. The molecule has 0 aliphatic rings. The molecule has 0 spiro atoms. The highest BCUT2D eigenvalue weighted by Gasteiger charge is 2.27. The SMILES string of the molecule is N#Cc1cc(-n2c3ccc4ccccc4c3c3cccc(-n4c5ccccc5c5ccccc54)c32)c(C#N)cc1-n1c2ccc3ccccc3c2c2cccc(-n3c4ccccc4c4ccccc43)c21. The lowest BCUT2D eigenvalue weighted by atomic mass is 10.0. The van der Waals surface area contributed by atoms with Crippen molar-refractivity contribution in [3.63, 3.8) is 0 Å². The van der Waals surface area contributed by atoms with Crippen molar-refractivity contribution in [3.8, 4) is 34.9 Å². The van der Waals surface area contributed by atoms with Crippen LogP contribution in [0.5, 0.6) is 0 Å². The van der Waals surface area contributed by atoms with Gasteiger partial charge in [0.05, 0.1) is 78.0 Å². The number of rotatable bonds is 4. The minimum Gasteiger partial charge on any atom is -0.307 e. The fourth-order valence-corrected chi connectivity index (χ4v) is 12.0. The van der Waals surface area contributed by atoms with E-state index in [4.69, 9.17) is 0 Å². The topological polar surface area (TPSA) is 67.3 Å². The molecule has 0 saturated carbocycles. The van der Waals surface area contributed by atoms with Crippen LogP contribution >= 0.6 is 0 Å². The molecule has 0 unspecified atom stereocenters. The van der Waals surface area contributed by atoms with Gasteiger partial charge in [0.25, 0.3) is 0 Å². The second-order valence-electron chi connectivity index (χ2n) is 18.2. The highest BCUT2D eigenvalue weighted by molar-refractivity contribution is 6.25.